The van der Waals surface area contributed by atoms with Gasteiger partial charge in [-0.3, -0.25) is 19.0 Å². The van der Waals surface area contributed by atoms with Gasteiger partial charge in [0.1, 0.15) is 5.75 Å². The van der Waals surface area contributed by atoms with Crippen molar-refractivity contribution in [2.24, 2.45) is 19.1 Å². The number of imidazole rings is 1. The van der Waals surface area contributed by atoms with E-state index in [2.05, 4.69) is 27.1 Å². The molecule has 186 valence electrons. The zero-order valence-electron chi connectivity index (χ0n) is 20.9. The Kier molecular flexibility index (Phi) is 6.32. The highest BCUT2D eigenvalue weighted by Gasteiger charge is 2.25. The highest BCUT2D eigenvalue weighted by atomic mass is 19.1. The normalized spacial score (nSPS) is 11.0. The van der Waals surface area contributed by atoms with Crippen molar-refractivity contribution in [2.45, 2.75) is 13.8 Å². The van der Waals surface area contributed by atoms with Crippen molar-refractivity contribution in [3.63, 3.8) is 0 Å². The Morgan fingerprint density at radius 3 is 2.44 bits per heavy atom. The molecule has 3 heterocycles. The predicted molar refractivity (Wildman–Crippen MR) is 135 cm³/mol. The molecule has 36 heavy (non-hydrogen) atoms. The van der Waals surface area contributed by atoms with E-state index in [9.17, 15) is 9.59 Å². The summed E-state index contributed by atoms with van der Waals surface area (Å²) in [5, 5.41) is 6.85. The second-order valence-corrected chi connectivity index (χ2v) is 8.25. The van der Waals surface area contributed by atoms with E-state index in [1.54, 1.807) is 31.8 Å². The largest absolute Gasteiger partial charge is 0.496 e. The van der Waals surface area contributed by atoms with E-state index in [0.29, 0.717) is 28.4 Å². The predicted octanol–water partition coefficient (Wildman–Crippen LogP) is 3.09. The van der Waals surface area contributed by atoms with E-state index < -0.39 is 17.4 Å². The minimum atomic E-state index is -0.824. The van der Waals surface area contributed by atoms with Gasteiger partial charge in [-0.1, -0.05) is 0 Å². The summed E-state index contributed by atoms with van der Waals surface area (Å²) in [7, 11) is 6.39. The number of ether oxygens (including phenoxy) is 1. The van der Waals surface area contributed by atoms with Crippen molar-refractivity contribution in [1.82, 2.24) is 29.2 Å². The van der Waals surface area contributed by atoms with E-state index in [4.69, 9.17) is 4.74 Å². The van der Waals surface area contributed by atoms with E-state index in [0.717, 1.165) is 22.9 Å². The van der Waals surface area contributed by atoms with Crippen LogP contribution in [0, 0.1) is 19.7 Å². The molecular weight excluding hydrogens is 465 g/mol. The second kappa shape index (κ2) is 9.25. The third kappa shape index (κ3) is 3.88. The van der Waals surface area contributed by atoms with Gasteiger partial charge in [0.15, 0.2) is 11.6 Å². The van der Waals surface area contributed by atoms with Crippen LogP contribution in [0.25, 0.3) is 28.2 Å². The number of carbonyl (C=O) groups is 1. The summed E-state index contributed by atoms with van der Waals surface area (Å²) in [4.78, 5) is 33.5. The maximum absolute atomic E-state index is 15.3. The summed E-state index contributed by atoms with van der Waals surface area (Å²) >= 11 is 0. The van der Waals surface area contributed by atoms with Crippen LogP contribution in [-0.4, -0.2) is 50.7 Å². The molecule has 4 rings (SSSR count). The number of amides is 1. The first-order valence-electron chi connectivity index (χ1n) is 11.0. The van der Waals surface area contributed by atoms with Crippen LogP contribution in [0.2, 0.25) is 0 Å². The third-order valence-electron chi connectivity index (χ3n) is 6.12. The van der Waals surface area contributed by atoms with Gasteiger partial charge in [0.05, 0.1) is 29.7 Å². The van der Waals surface area contributed by atoms with Crippen molar-refractivity contribution in [2.75, 3.05) is 14.2 Å². The fourth-order valence-electron chi connectivity index (χ4n) is 4.22. The average molecular weight is 492 g/mol. The Balaban J connectivity index is 2.06. The Morgan fingerprint density at radius 2 is 1.89 bits per heavy atom. The molecule has 0 atom stereocenters. The van der Waals surface area contributed by atoms with Crippen LogP contribution in [0.4, 0.5) is 10.1 Å². The zero-order valence-corrected chi connectivity index (χ0v) is 20.9. The molecule has 11 heteroatoms. The molecule has 0 aliphatic rings. The van der Waals surface area contributed by atoms with Crippen LogP contribution < -0.4 is 15.7 Å². The van der Waals surface area contributed by atoms with Crippen LogP contribution in [0.15, 0.2) is 40.4 Å². The number of nitrogens with zero attached hydrogens (tertiary/aromatic N) is 6. The number of halogens is 1. The maximum atomic E-state index is 15.3. The molecular formula is C25H26FN7O3. The molecule has 0 fully saturated rings. The summed E-state index contributed by atoms with van der Waals surface area (Å²) in [6.07, 6.45) is 3.09. The number of hydrogen-bond donors (Lipinski definition) is 1. The van der Waals surface area contributed by atoms with E-state index in [1.807, 2.05) is 26.2 Å². The minimum absolute atomic E-state index is 0.0354. The van der Waals surface area contributed by atoms with Crippen LogP contribution >= 0.6 is 0 Å². The van der Waals surface area contributed by atoms with E-state index in [1.165, 1.54) is 22.4 Å². The minimum Gasteiger partial charge on any atom is -0.496 e. The van der Waals surface area contributed by atoms with Crippen LogP contribution in [0.5, 0.6) is 5.75 Å². The number of nitrogens with one attached hydrogen (secondary N) is 1. The topological polar surface area (TPSA) is 108 Å². The van der Waals surface area contributed by atoms with Crippen molar-refractivity contribution < 1.29 is 13.9 Å². The van der Waals surface area contributed by atoms with Crippen molar-refractivity contribution in [3.05, 3.63) is 63.8 Å². The SMILES string of the molecule is C=Nc1cc(OC)c(-c2cn(C)nc2C)cc1-c1c(C)n(C)c(=O)n1-c1ncc(C(=O)NC)cc1F. The summed E-state index contributed by atoms with van der Waals surface area (Å²) in [5.41, 5.74) is 3.75. The molecule has 1 N–H and O–H groups in total. The van der Waals surface area contributed by atoms with Gasteiger partial charge in [-0.25, -0.2) is 18.7 Å². The lowest BCUT2D eigenvalue weighted by molar-refractivity contribution is 0.0962. The zero-order chi connectivity index (χ0) is 26.3. The number of hydrogen-bond acceptors (Lipinski definition) is 6. The smallest absolute Gasteiger partial charge is 0.334 e. The van der Waals surface area contributed by atoms with Gasteiger partial charge >= 0.3 is 5.69 Å². The molecule has 1 aromatic carbocycles. The number of methoxy groups -OCH3 is 1. The van der Waals surface area contributed by atoms with Gasteiger partial charge in [-0.15, -0.1) is 0 Å². The fraction of sp³-hybridized carbons (Fsp3) is 0.240. The number of aryl methyl sites for hydroxylation is 2. The molecule has 0 saturated heterocycles. The van der Waals surface area contributed by atoms with Crippen LogP contribution in [0.3, 0.4) is 0 Å². The van der Waals surface area contributed by atoms with Crippen molar-refractivity contribution >= 4 is 18.3 Å². The molecule has 1 amide bonds. The number of aliphatic imine (C=N–C) groups is 1. The quantitative estimate of drug-likeness (QED) is 0.417. The Morgan fingerprint density at radius 1 is 1.17 bits per heavy atom. The molecule has 0 spiro atoms. The molecule has 10 nitrogen and oxygen atoms in total. The highest BCUT2D eigenvalue weighted by molar-refractivity contribution is 5.93. The Bertz CT molecular complexity index is 1580. The van der Waals surface area contributed by atoms with E-state index >= 15 is 4.39 Å². The van der Waals surface area contributed by atoms with Gasteiger partial charge in [-0.05, 0) is 32.7 Å². The first-order valence-corrected chi connectivity index (χ1v) is 11.0. The first-order chi connectivity index (χ1) is 17.1. The molecule has 0 aliphatic heterocycles. The monoisotopic (exact) mass is 491 g/mol. The fourth-order valence-corrected chi connectivity index (χ4v) is 4.22. The Labute approximate surface area is 206 Å². The number of carbonyl (C=O) groups excluding carboxylic acids is 1. The van der Waals surface area contributed by atoms with Gasteiger partial charge in [0.2, 0.25) is 0 Å². The second-order valence-electron chi connectivity index (χ2n) is 8.25. The summed E-state index contributed by atoms with van der Waals surface area (Å²) in [6.45, 7) is 7.31. The first kappa shape index (κ1) is 24.6. The van der Waals surface area contributed by atoms with Gasteiger partial charge in [0, 0.05) is 62.0 Å². The number of benzene rings is 1. The molecule has 0 radical (unpaired) electrons. The molecule has 0 saturated carbocycles. The number of rotatable bonds is 6. The van der Waals surface area contributed by atoms with Gasteiger partial charge in [0.25, 0.3) is 5.91 Å². The van der Waals surface area contributed by atoms with Gasteiger partial charge < -0.3 is 10.1 Å². The summed E-state index contributed by atoms with van der Waals surface area (Å²) < 4.78 is 25.2. The number of aromatic nitrogens is 5. The lowest BCUT2D eigenvalue weighted by Gasteiger charge is -2.15. The standard InChI is InChI=1S/C25H26FN7O3/c1-13-18(12-31(5)30-13)16-9-17(20(27-3)10-21(16)36-7)22-14(2)32(6)25(35)33(22)23-19(26)8-15(11-29-23)24(34)28-4/h8-12H,3H2,1-2,4-7H3,(H,28,34). The molecule has 0 unspecified atom stereocenters. The van der Waals surface area contributed by atoms with Crippen LogP contribution in [-0.2, 0) is 14.1 Å². The highest BCUT2D eigenvalue weighted by Crippen LogP contribution is 2.42. The maximum Gasteiger partial charge on any atom is 0.334 e. The van der Waals surface area contributed by atoms with E-state index in [-0.39, 0.29) is 11.4 Å². The molecule has 3 aromatic heterocycles. The summed E-state index contributed by atoms with van der Waals surface area (Å²) in [5.74, 6) is -1.01. The third-order valence-corrected chi connectivity index (χ3v) is 6.12. The Hall–Kier alpha value is -4.54. The number of pyridine rings is 1. The molecule has 0 bridgehead atoms. The lowest BCUT2D eigenvalue weighted by atomic mass is 9.98. The van der Waals surface area contributed by atoms with Crippen molar-refractivity contribution in [1.29, 1.82) is 0 Å². The molecule has 0 aliphatic carbocycles. The van der Waals surface area contributed by atoms with Gasteiger partial charge in [-0.2, -0.15) is 5.10 Å². The summed E-state index contributed by atoms with van der Waals surface area (Å²) in [6, 6.07) is 4.58. The lowest BCUT2D eigenvalue weighted by Crippen LogP contribution is -2.24. The van der Waals surface area contributed by atoms with Crippen molar-refractivity contribution in [3.8, 4) is 34.0 Å². The molecule has 4 aromatic rings. The van der Waals surface area contributed by atoms with Crippen LogP contribution in [0.1, 0.15) is 21.7 Å². The average Bonchev–Trinajstić information content (AvgIpc) is 3.32.